The van der Waals surface area contributed by atoms with Crippen molar-refractivity contribution >= 4 is 15.8 Å². The lowest BCUT2D eigenvalue weighted by Gasteiger charge is -2.29. The summed E-state index contributed by atoms with van der Waals surface area (Å²) in [7, 11) is -1.30. The summed E-state index contributed by atoms with van der Waals surface area (Å²) >= 11 is 0. The number of nitrogens with one attached hydrogen (secondary N) is 2. The molecule has 8 heteroatoms. The molecule has 1 aromatic carbocycles. The Morgan fingerprint density at radius 2 is 1.93 bits per heavy atom. The van der Waals surface area contributed by atoms with E-state index in [1.54, 1.807) is 7.11 Å². The van der Waals surface area contributed by atoms with Crippen LogP contribution in [-0.4, -0.2) is 70.6 Å². The van der Waals surface area contributed by atoms with Gasteiger partial charge in [0.25, 0.3) is 0 Å². The van der Waals surface area contributed by atoms with Crippen LogP contribution in [-0.2, 0) is 9.84 Å². The molecule has 0 aliphatic heterocycles. The summed E-state index contributed by atoms with van der Waals surface area (Å²) in [6.45, 7) is 11.5. The lowest BCUT2D eigenvalue weighted by atomic mass is 10.0. The average molecular weight is 427 g/mol. The maximum atomic E-state index is 11.4. The lowest BCUT2D eigenvalue weighted by Crippen LogP contribution is -2.43. The van der Waals surface area contributed by atoms with Gasteiger partial charge in [-0.15, -0.1) is 0 Å². The van der Waals surface area contributed by atoms with Crippen LogP contribution < -0.4 is 15.4 Å². The van der Waals surface area contributed by atoms with Gasteiger partial charge in [-0.1, -0.05) is 26.0 Å². The van der Waals surface area contributed by atoms with E-state index in [0.29, 0.717) is 18.9 Å². The van der Waals surface area contributed by atoms with Gasteiger partial charge in [0.15, 0.2) is 5.96 Å². The predicted octanol–water partition coefficient (Wildman–Crippen LogP) is 2.46. The number of benzene rings is 1. The summed E-state index contributed by atoms with van der Waals surface area (Å²) in [5, 5.41) is 6.59. The van der Waals surface area contributed by atoms with Gasteiger partial charge in [0, 0.05) is 18.8 Å². The van der Waals surface area contributed by atoms with Crippen molar-refractivity contribution in [3.63, 3.8) is 0 Å². The monoisotopic (exact) mass is 426 g/mol. The fourth-order valence-corrected chi connectivity index (χ4v) is 3.92. The fraction of sp³-hybridized carbons (Fsp3) is 0.667. The molecule has 0 heterocycles. The number of methoxy groups -OCH3 is 1. The third-order valence-corrected chi connectivity index (χ3v) is 5.78. The molecular formula is C21H38N4O3S. The molecule has 0 saturated carbocycles. The maximum Gasteiger partial charge on any atom is 0.191 e. The number of hydrogen-bond acceptors (Lipinski definition) is 5. The predicted molar refractivity (Wildman–Crippen MR) is 122 cm³/mol. The van der Waals surface area contributed by atoms with Gasteiger partial charge in [-0.3, -0.25) is 9.89 Å². The molecule has 0 fully saturated rings. The molecule has 0 aliphatic rings. The molecule has 1 aromatic rings. The normalized spacial score (nSPS) is 14.5. The molecule has 2 N–H and O–H groups in total. The van der Waals surface area contributed by atoms with Gasteiger partial charge in [0.2, 0.25) is 0 Å². The minimum atomic E-state index is -2.97. The molecule has 0 bridgehead atoms. The van der Waals surface area contributed by atoms with Crippen LogP contribution in [0, 0.1) is 0 Å². The molecule has 1 rings (SSSR count). The Morgan fingerprint density at radius 3 is 2.48 bits per heavy atom. The zero-order valence-electron chi connectivity index (χ0n) is 18.7. The molecule has 29 heavy (non-hydrogen) atoms. The summed E-state index contributed by atoms with van der Waals surface area (Å²) < 4.78 is 28.2. The second-order valence-corrected chi connectivity index (χ2v) is 9.46. The molecular weight excluding hydrogens is 388 g/mol. The van der Waals surface area contributed by atoms with Crippen molar-refractivity contribution in [2.24, 2.45) is 4.99 Å². The van der Waals surface area contributed by atoms with Crippen LogP contribution >= 0.6 is 0 Å². The molecule has 0 spiro atoms. The first-order chi connectivity index (χ1) is 13.7. The van der Waals surface area contributed by atoms with Crippen molar-refractivity contribution in [3.8, 4) is 5.75 Å². The molecule has 2 unspecified atom stereocenters. The highest BCUT2D eigenvalue weighted by Gasteiger charge is 2.19. The second-order valence-electron chi connectivity index (χ2n) is 7.20. The van der Waals surface area contributed by atoms with E-state index < -0.39 is 9.84 Å². The molecule has 0 amide bonds. The summed E-state index contributed by atoms with van der Waals surface area (Å²) in [6.07, 6.45) is 1.81. The molecule has 7 nitrogen and oxygen atoms in total. The van der Waals surface area contributed by atoms with Crippen molar-refractivity contribution in [2.45, 2.75) is 46.2 Å². The first-order valence-electron chi connectivity index (χ1n) is 10.3. The van der Waals surface area contributed by atoms with Crippen molar-refractivity contribution in [2.75, 3.05) is 45.3 Å². The van der Waals surface area contributed by atoms with Crippen molar-refractivity contribution in [1.82, 2.24) is 15.5 Å². The number of hydrogen-bond donors (Lipinski definition) is 2. The van der Waals surface area contributed by atoms with Crippen LogP contribution in [0.1, 0.15) is 45.7 Å². The number of sulfone groups is 1. The molecule has 0 radical (unpaired) electrons. The quantitative estimate of drug-likeness (QED) is 0.395. The Bertz CT molecular complexity index is 733. The Labute approximate surface area is 176 Å². The summed E-state index contributed by atoms with van der Waals surface area (Å²) in [5.74, 6) is 1.70. The van der Waals surface area contributed by atoms with E-state index in [4.69, 9.17) is 9.73 Å². The lowest BCUT2D eigenvalue weighted by molar-refractivity contribution is 0.224. The van der Waals surface area contributed by atoms with Gasteiger partial charge in [-0.25, -0.2) is 8.42 Å². The number of rotatable bonds is 12. The minimum Gasteiger partial charge on any atom is -0.497 e. The highest BCUT2D eigenvalue weighted by atomic mass is 32.2. The van der Waals surface area contributed by atoms with Crippen LogP contribution in [0.15, 0.2) is 29.3 Å². The Balaban J connectivity index is 2.98. The van der Waals surface area contributed by atoms with Crippen molar-refractivity contribution in [3.05, 3.63) is 29.8 Å². The largest absolute Gasteiger partial charge is 0.497 e. The molecule has 2 atom stereocenters. The van der Waals surface area contributed by atoms with Crippen LogP contribution in [0.5, 0.6) is 5.75 Å². The van der Waals surface area contributed by atoms with E-state index in [2.05, 4.69) is 41.5 Å². The summed E-state index contributed by atoms with van der Waals surface area (Å²) in [6, 6.07) is 8.25. The highest BCUT2D eigenvalue weighted by Crippen LogP contribution is 2.24. The minimum absolute atomic E-state index is 0.00578. The first-order valence-corrected chi connectivity index (χ1v) is 12.4. The number of guanidine groups is 1. The number of ether oxygens (including phenoxy) is 1. The summed E-state index contributed by atoms with van der Waals surface area (Å²) in [5.41, 5.74) is 1.16. The van der Waals surface area contributed by atoms with Crippen LogP contribution in [0.3, 0.4) is 0 Å². The zero-order valence-corrected chi connectivity index (χ0v) is 19.6. The Hall–Kier alpha value is -1.80. The van der Waals surface area contributed by atoms with E-state index in [1.165, 1.54) is 6.26 Å². The van der Waals surface area contributed by atoms with E-state index in [1.807, 2.05) is 26.0 Å². The molecule has 0 saturated heterocycles. The van der Waals surface area contributed by atoms with Gasteiger partial charge >= 0.3 is 0 Å². The number of aliphatic imine (C=N–C) groups is 1. The number of nitrogens with zero attached hydrogens (tertiary/aromatic N) is 2. The Kier molecular flexibility index (Phi) is 11.0. The van der Waals surface area contributed by atoms with Crippen molar-refractivity contribution in [1.29, 1.82) is 0 Å². The van der Waals surface area contributed by atoms with Crippen LogP contribution in [0.4, 0.5) is 0 Å². The second kappa shape index (κ2) is 12.7. The van der Waals surface area contributed by atoms with Crippen LogP contribution in [0.2, 0.25) is 0 Å². The standard InChI is InChI=1S/C21H38N4O3S/c1-7-22-21(24-17(4)13-14-29(6,26)27)23-16-20(25(8-2)9-3)18-11-10-12-19(15-18)28-5/h10-12,15,17,20H,7-9,13-14,16H2,1-6H3,(H2,22,23,24). The van der Waals surface area contributed by atoms with Crippen LogP contribution in [0.25, 0.3) is 0 Å². The van der Waals surface area contributed by atoms with Crippen molar-refractivity contribution < 1.29 is 13.2 Å². The molecule has 0 aromatic heterocycles. The topological polar surface area (TPSA) is 83.0 Å². The molecule has 166 valence electrons. The third-order valence-electron chi connectivity index (χ3n) is 4.80. The SMILES string of the molecule is CCNC(=NCC(c1cccc(OC)c1)N(CC)CC)NC(C)CCS(C)(=O)=O. The van der Waals surface area contributed by atoms with Gasteiger partial charge < -0.3 is 15.4 Å². The molecule has 0 aliphatic carbocycles. The van der Waals surface area contributed by atoms with E-state index in [-0.39, 0.29) is 17.8 Å². The number of likely N-dealkylation sites (N-methyl/N-ethyl adjacent to an activating group) is 1. The highest BCUT2D eigenvalue weighted by molar-refractivity contribution is 7.90. The fourth-order valence-electron chi connectivity index (χ4n) is 3.14. The summed E-state index contributed by atoms with van der Waals surface area (Å²) in [4.78, 5) is 7.18. The smallest absolute Gasteiger partial charge is 0.191 e. The Morgan fingerprint density at radius 1 is 1.24 bits per heavy atom. The van der Waals surface area contributed by atoms with Gasteiger partial charge in [-0.2, -0.15) is 0 Å². The van der Waals surface area contributed by atoms with Gasteiger partial charge in [0.05, 0.1) is 25.4 Å². The van der Waals surface area contributed by atoms with Gasteiger partial charge in [-0.05, 0) is 51.1 Å². The van der Waals surface area contributed by atoms with E-state index >= 15 is 0 Å². The van der Waals surface area contributed by atoms with E-state index in [9.17, 15) is 8.42 Å². The third kappa shape index (κ3) is 9.49. The first kappa shape index (κ1) is 25.2. The zero-order chi connectivity index (χ0) is 21.9. The average Bonchev–Trinajstić information content (AvgIpc) is 2.69. The van der Waals surface area contributed by atoms with Gasteiger partial charge in [0.1, 0.15) is 15.6 Å². The maximum absolute atomic E-state index is 11.4. The van der Waals surface area contributed by atoms with E-state index in [0.717, 1.165) is 30.9 Å².